The van der Waals surface area contributed by atoms with Crippen LogP contribution in [-0.4, -0.2) is 15.2 Å². The number of hydrogen-bond acceptors (Lipinski definition) is 5. The number of benzene rings is 2. The van der Waals surface area contributed by atoms with Crippen LogP contribution in [0.4, 0.5) is 17.3 Å². The fourth-order valence-corrected chi connectivity index (χ4v) is 3.60. The van der Waals surface area contributed by atoms with Gasteiger partial charge in [0.15, 0.2) is 11.6 Å². The number of aryl methyl sites for hydroxylation is 2. The van der Waals surface area contributed by atoms with Gasteiger partial charge >= 0.3 is 0 Å². The second-order valence-electron chi connectivity index (χ2n) is 7.19. The van der Waals surface area contributed by atoms with Gasteiger partial charge in [-0.2, -0.15) is 0 Å². The normalized spacial score (nSPS) is 13.0. The topological polar surface area (TPSA) is 49.8 Å². The number of rotatable bonds is 8. The molecular formula is C24H27ClN4S. The summed E-state index contributed by atoms with van der Waals surface area (Å²) in [5, 5.41) is 4.36. The second-order valence-corrected chi connectivity index (χ2v) is 8.81. The summed E-state index contributed by atoms with van der Waals surface area (Å²) >= 11 is 7.72. The lowest BCUT2D eigenvalue weighted by Crippen LogP contribution is -2.05. The minimum absolute atomic E-state index is 0.201. The zero-order chi connectivity index (χ0) is 21.5. The molecule has 0 spiro atoms. The van der Waals surface area contributed by atoms with Crippen molar-refractivity contribution in [2.75, 3.05) is 10.0 Å². The lowest BCUT2D eigenvalue weighted by molar-refractivity contribution is 1.21. The Labute approximate surface area is 188 Å². The van der Waals surface area contributed by atoms with Crippen molar-refractivity contribution in [3.63, 3.8) is 0 Å². The Balaban J connectivity index is 1.84. The van der Waals surface area contributed by atoms with E-state index in [4.69, 9.17) is 21.6 Å². The largest absolute Gasteiger partial charge is 0.337 e. The Bertz CT molecular complexity index is 1060. The van der Waals surface area contributed by atoms with E-state index in [1.54, 1.807) is 11.9 Å². The Hall–Kier alpha value is -2.50. The number of anilines is 3. The van der Waals surface area contributed by atoms with E-state index < -0.39 is 0 Å². The quantitative estimate of drug-likeness (QED) is 0.281. The molecule has 0 amide bonds. The van der Waals surface area contributed by atoms with Crippen molar-refractivity contribution >= 4 is 51.9 Å². The number of halogens is 1. The highest BCUT2D eigenvalue weighted by Crippen LogP contribution is 2.28. The lowest BCUT2D eigenvalue weighted by atomic mass is 10.2. The van der Waals surface area contributed by atoms with E-state index >= 15 is 0 Å². The monoisotopic (exact) mass is 438 g/mol. The predicted octanol–water partition coefficient (Wildman–Crippen LogP) is 7.53. The summed E-state index contributed by atoms with van der Waals surface area (Å²) in [5.41, 5.74) is 5.06. The van der Waals surface area contributed by atoms with Crippen LogP contribution in [0.15, 0.2) is 65.7 Å². The number of nitrogens with zero attached hydrogens (tertiary/aromatic N) is 2. The van der Waals surface area contributed by atoms with Crippen molar-refractivity contribution in [1.29, 1.82) is 0 Å². The van der Waals surface area contributed by atoms with Gasteiger partial charge in [-0.05, 0) is 75.0 Å². The molecule has 4 nitrogen and oxygen atoms in total. The summed E-state index contributed by atoms with van der Waals surface area (Å²) in [6.45, 7) is 8.30. The molecule has 156 valence electrons. The molecule has 3 aromatic rings. The van der Waals surface area contributed by atoms with Gasteiger partial charge in [0.25, 0.3) is 0 Å². The van der Waals surface area contributed by atoms with Crippen molar-refractivity contribution < 1.29 is 0 Å². The molecule has 2 N–H and O–H groups in total. The van der Waals surface area contributed by atoms with Gasteiger partial charge in [-0.25, -0.2) is 9.97 Å². The van der Waals surface area contributed by atoms with Crippen LogP contribution in [0.5, 0.6) is 0 Å². The number of allylic oxidation sites excluding steroid dienone is 3. The highest BCUT2D eigenvalue weighted by Gasteiger charge is 2.11. The van der Waals surface area contributed by atoms with E-state index in [2.05, 4.69) is 62.0 Å². The highest BCUT2D eigenvalue weighted by molar-refractivity contribution is 8.01. The first kappa shape index (κ1) is 22.2. The summed E-state index contributed by atoms with van der Waals surface area (Å²) < 4.78 is 3.37. The van der Waals surface area contributed by atoms with Crippen LogP contribution in [0.2, 0.25) is 0 Å². The van der Waals surface area contributed by atoms with E-state index in [1.165, 1.54) is 5.56 Å². The molecule has 0 fully saturated rings. The minimum atomic E-state index is 0.201. The molecule has 0 saturated heterocycles. The van der Waals surface area contributed by atoms with Gasteiger partial charge in [-0.15, -0.1) is 0 Å². The smallest absolute Gasteiger partial charge is 0.180 e. The van der Waals surface area contributed by atoms with E-state index in [9.17, 15) is 0 Å². The van der Waals surface area contributed by atoms with Gasteiger partial charge in [0.05, 0.1) is 11.0 Å². The third-order valence-corrected chi connectivity index (χ3v) is 5.52. The molecule has 1 unspecified atom stereocenters. The maximum Gasteiger partial charge on any atom is 0.180 e. The van der Waals surface area contributed by atoms with Gasteiger partial charge in [-0.3, -0.25) is 0 Å². The number of aromatic nitrogens is 2. The highest BCUT2D eigenvalue weighted by atomic mass is 35.5. The SMILES string of the molecule is CC/C=C(Cl)\C=C/C(C)SNc1nc2ccc(C)cc2nc1Nc1ccc(C)cc1. The van der Waals surface area contributed by atoms with Gasteiger partial charge in [0.2, 0.25) is 0 Å². The van der Waals surface area contributed by atoms with Crippen LogP contribution >= 0.6 is 23.5 Å². The molecule has 0 bridgehead atoms. The van der Waals surface area contributed by atoms with Gasteiger partial charge < -0.3 is 10.0 Å². The van der Waals surface area contributed by atoms with E-state index in [-0.39, 0.29) is 5.25 Å². The Kier molecular flexibility index (Phi) is 7.77. The van der Waals surface area contributed by atoms with Crippen molar-refractivity contribution in [2.24, 2.45) is 0 Å². The van der Waals surface area contributed by atoms with Gasteiger partial charge in [-0.1, -0.05) is 54.4 Å². The molecule has 1 aromatic heterocycles. The molecule has 0 saturated carbocycles. The lowest BCUT2D eigenvalue weighted by Gasteiger charge is -2.14. The molecule has 1 heterocycles. The first-order chi connectivity index (χ1) is 14.4. The van der Waals surface area contributed by atoms with E-state index in [0.29, 0.717) is 11.6 Å². The van der Waals surface area contributed by atoms with Gasteiger partial charge in [0.1, 0.15) is 0 Å². The summed E-state index contributed by atoms with van der Waals surface area (Å²) in [5.74, 6) is 1.40. The van der Waals surface area contributed by atoms with Crippen molar-refractivity contribution in [2.45, 2.75) is 39.4 Å². The predicted molar refractivity (Wildman–Crippen MR) is 133 cm³/mol. The number of fused-ring (bicyclic) bond motifs is 1. The molecule has 0 aliphatic heterocycles. The van der Waals surface area contributed by atoms with Gasteiger partial charge in [0, 0.05) is 16.0 Å². The minimum Gasteiger partial charge on any atom is -0.337 e. The Morgan fingerprint density at radius 1 is 1.03 bits per heavy atom. The molecule has 2 aromatic carbocycles. The molecule has 6 heteroatoms. The molecular weight excluding hydrogens is 412 g/mol. The van der Waals surface area contributed by atoms with Crippen molar-refractivity contribution in [1.82, 2.24) is 9.97 Å². The third kappa shape index (κ3) is 6.25. The Morgan fingerprint density at radius 2 is 1.73 bits per heavy atom. The zero-order valence-electron chi connectivity index (χ0n) is 17.7. The van der Waals surface area contributed by atoms with E-state index in [0.717, 1.165) is 33.7 Å². The molecule has 1 atom stereocenters. The standard InChI is InChI=1S/C24H27ClN4S/c1-5-6-19(25)11-10-18(4)30-29-24-23(26-20-12-7-16(2)8-13-20)28-22-15-17(3)9-14-21(22)27-24/h6-15,18H,5H2,1-4H3,(H,26,28)(H,27,29)/b11-10-,19-6+. The van der Waals surface area contributed by atoms with Crippen LogP contribution in [0, 0.1) is 13.8 Å². The average Bonchev–Trinajstić information content (AvgIpc) is 2.72. The summed E-state index contributed by atoms with van der Waals surface area (Å²) in [6.07, 6.45) is 6.91. The van der Waals surface area contributed by atoms with Crippen molar-refractivity contribution in [3.05, 3.63) is 76.9 Å². The number of hydrogen-bond donors (Lipinski definition) is 2. The summed E-state index contributed by atoms with van der Waals surface area (Å²) in [7, 11) is 0. The molecule has 3 rings (SSSR count). The fourth-order valence-electron chi connectivity index (χ4n) is 2.77. The van der Waals surface area contributed by atoms with Crippen LogP contribution in [0.25, 0.3) is 11.0 Å². The first-order valence-corrected chi connectivity index (χ1v) is 11.3. The molecule has 30 heavy (non-hydrogen) atoms. The first-order valence-electron chi connectivity index (χ1n) is 10.0. The number of nitrogens with one attached hydrogen (secondary N) is 2. The molecule has 0 aliphatic carbocycles. The van der Waals surface area contributed by atoms with E-state index in [1.807, 2.05) is 36.4 Å². The average molecular weight is 439 g/mol. The maximum absolute atomic E-state index is 6.16. The molecule has 0 radical (unpaired) electrons. The zero-order valence-corrected chi connectivity index (χ0v) is 19.3. The Morgan fingerprint density at radius 3 is 2.47 bits per heavy atom. The molecule has 0 aliphatic rings. The fraction of sp³-hybridized carbons (Fsp3) is 0.250. The summed E-state index contributed by atoms with van der Waals surface area (Å²) in [4.78, 5) is 9.64. The van der Waals surface area contributed by atoms with Crippen LogP contribution < -0.4 is 10.0 Å². The van der Waals surface area contributed by atoms with Crippen molar-refractivity contribution in [3.8, 4) is 0 Å². The maximum atomic E-state index is 6.16. The second kappa shape index (κ2) is 10.5. The third-order valence-electron chi connectivity index (χ3n) is 4.40. The van der Waals surface area contributed by atoms with Crippen LogP contribution in [-0.2, 0) is 0 Å². The summed E-state index contributed by atoms with van der Waals surface area (Å²) in [6, 6.07) is 14.3. The van der Waals surface area contributed by atoms with Crippen LogP contribution in [0.3, 0.4) is 0 Å². The van der Waals surface area contributed by atoms with Crippen LogP contribution in [0.1, 0.15) is 31.4 Å².